The molecule has 4 nitrogen and oxygen atoms in total. The summed E-state index contributed by atoms with van der Waals surface area (Å²) >= 11 is 0. The standard InChI is InChI=1S/C12H17N3O.ClH/c1-2-13-12(16)9-15-8-7-14-10-5-3-4-6-11(10)15;/h3-6,14H,2,7-9H2,1H3,(H,13,16);1H. The number of hydrogen-bond acceptors (Lipinski definition) is 3. The Hall–Kier alpha value is -1.42. The molecular weight excluding hydrogens is 238 g/mol. The minimum atomic E-state index is 0. The first-order valence-electron chi connectivity index (χ1n) is 5.66. The highest BCUT2D eigenvalue weighted by atomic mass is 35.5. The third kappa shape index (κ3) is 3.27. The molecule has 0 radical (unpaired) electrons. The van der Waals surface area contributed by atoms with Crippen molar-refractivity contribution in [2.75, 3.05) is 36.4 Å². The summed E-state index contributed by atoms with van der Waals surface area (Å²) in [7, 11) is 0. The van der Waals surface area contributed by atoms with Gasteiger partial charge in [-0.05, 0) is 19.1 Å². The van der Waals surface area contributed by atoms with Crippen LogP contribution in [0.2, 0.25) is 0 Å². The van der Waals surface area contributed by atoms with E-state index >= 15 is 0 Å². The fraction of sp³-hybridized carbons (Fsp3) is 0.417. The molecule has 0 bridgehead atoms. The predicted octanol–water partition coefficient (Wildman–Crippen LogP) is 1.48. The van der Waals surface area contributed by atoms with E-state index in [1.165, 1.54) is 0 Å². The molecule has 1 amide bonds. The molecule has 94 valence electrons. The molecule has 0 spiro atoms. The van der Waals surface area contributed by atoms with E-state index in [1.807, 2.05) is 31.2 Å². The number of amides is 1. The molecule has 0 aliphatic carbocycles. The number of halogens is 1. The Labute approximate surface area is 108 Å². The Morgan fingerprint density at radius 3 is 3.00 bits per heavy atom. The predicted molar refractivity (Wildman–Crippen MR) is 73.1 cm³/mol. The van der Waals surface area contributed by atoms with Crippen molar-refractivity contribution < 1.29 is 4.79 Å². The van der Waals surface area contributed by atoms with E-state index in [2.05, 4.69) is 15.5 Å². The molecule has 2 rings (SSSR count). The number of likely N-dealkylation sites (N-methyl/N-ethyl adjacent to an activating group) is 1. The average molecular weight is 256 g/mol. The van der Waals surface area contributed by atoms with Crippen LogP contribution < -0.4 is 15.5 Å². The van der Waals surface area contributed by atoms with Gasteiger partial charge in [-0.1, -0.05) is 12.1 Å². The molecule has 0 unspecified atom stereocenters. The Balaban J connectivity index is 0.00000144. The molecule has 1 heterocycles. The lowest BCUT2D eigenvalue weighted by Gasteiger charge is -2.31. The molecule has 17 heavy (non-hydrogen) atoms. The molecule has 0 atom stereocenters. The van der Waals surface area contributed by atoms with E-state index in [4.69, 9.17) is 0 Å². The molecule has 1 aliphatic heterocycles. The van der Waals surface area contributed by atoms with Crippen LogP contribution in [-0.2, 0) is 4.79 Å². The smallest absolute Gasteiger partial charge is 0.239 e. The van der Waals surface area contributed by atoms with Crippen LogP contribution >= 0.6 is 12.4 Å². The fourth-order valence-electron chi connectivity index (χ4n) is 1.94. The van der Waals surface area contributed by atoms with Gasteiger partial charge in [0.1, 0.15) is 0 Å². The van der Waals surface area contributed by atoms with Crippen molar-refractivity contribution in [2.45, 2.75) is 6.92 Å². The van der Waals surface area contributed by atoms with Crippen molar-refractivity contribution in [1.29, 1.82) is 0 Å². The van der Waals surface area contributed by atoms with Gasteiger partial charge in [0.2, 0.25) is 5.91 Å². The summed E-state index contributed by atoms with van der Waals surface area (Å²) < 4.78 is 0. The molecule has 0 aromatic heterocycles. The Morgan fingerprint density at radius 1 is 1.47 bits per heavy atom. The number of hydrogen-bond donors (Lipinski definition) is 2. The molecular formula is C12H18ClN3O. The van der Waals surface area contributed by atoms with Gasteiger partial charge in [-0.2, -0.15) is 0 Å². The number of para-hydroxylation sites is 2. The molecule has 5 heteroatoms. The minimum absolute atomic E-state index is 0. The van der Waals surface area contributed by atoms with Crippen LogP contribution in [0.15, 0.2) is 24.3 Å². The van der Waals surface area contributed by atoms with Gasteiger partial charge < -0.3 is 15.5 Å². The van der Waals surface area contributed by atoms with Gasteiger partial charge in [0.25, 0.3) is 0 Å². The molecule has 1 aliphatic rings. The van der Waals surface area contributed by atoms with Crippen molar-refractivity contribution in [3.05, 3.63) is 24.3 Å². The number of benzene rings is 1. The Bertz CT molecular complexity index is 384. The molecule has 2 N–H and O–H groups in total. The molecule has 1 aromatic rings. The second-order valence-electron chi connectivity index (χ2n) is 3.82. The van der Waals surface area contributed by atoms with Gasteiger partial charge in [0.05, 0.1) is 17.9 Å². The average Bonchev–Trinajstić information content (AvgIpc) is 2.30. The van der Waals surface area contributed by atoms with Crippen LogP contribution in [0.1, 0.15) is 6.92 Å². The number of fused-ring (bicyclic) bond motifs is 1. The van der Waals surface area contributed by atoms with E-state index < -0.39 is 0 Å². The SMILES string of the molecule is CCNC(=O)CN1CCNc2ccccc21.Cl. The van der Waals surface area contributed by atoms with Gasteiger partial charge in [0, 0.05) is 19.6 Å². The summed E-state index contributed by atoms with van der Waals surface area (Å²) in [6.07, 6.45) is 0. The largest absolute Gasteiger partial charge is 0.382 e. The highest BCUT2D eigenvalue weighted by Crippen LogP contribution is 2.27. The maximum absolute atomic E-state index is 11.5. The van der Waals surface area contributed by atoms with E-state index in [0.717, 1.165) is 24.5 Å². The topological polar surface area (TPSA) is 44.4 Å². The van der Waals surface area contributed by atoms with Crippen LogP contribution in [0.25, 0.3) is 0 Å². The molecule has 0 saturated carbocycles. The summed E-state index contributed by atoms with van der Waals surface area (Å²) in [4.78, 5) is 13.7. The van der Waals surface area contributed by atoms with Crippen LogP contribution in [0.3, 0.4) is 0 Å². The lowest BCUT2D eigenvalue weighted by Crippen LogP contribution is -2.41. The third-order valence-electron chi connectivity index (χ3n) is 2.65. The normalized spacial score (nSPS) is 13.1. The van der Waals surface area contributed by atoms with Gasteiger partial charge in [-0.15, -0.1) is 12.4 Å². The first kappa shape index (κ1) is 13.6. The van der Waals surface area contributed by atoms with Crippen LogP contribution in [0, 0.1) is 0 Å². The molecule has 0 fully saturated rings. The summed E-state index contributed by atoms with van der Waals surface area (Å²) in [5.41, 5.74) is 2.22. The molecule has 0 saturated heterocycles. The maximum Gasteiger partial charge on any atom is 0.239 e. The maximum atomic E-state index is 11.5. The summed E-state index contributed by atoms with van der Waals surface area (Å²) in [5, 5.41) is 6.15. The lowest BCUT2D eigenvalue weighted by molar-refractivity contribution is -0.119. The van der Waals surface area contributed by atoms with Gasteiger partial charge >= 0.3 is 0 Å². The number of nitrogens with zero attached hydrogens (tertiary/aromatic N) is 1. The minimum Gasteiger partial charge on any atom is -0.382 e. The van der Waals surface area contributed by atoms with E-state index in [9.17, 15) is 4.79 Å². The quantitative estimate of drug-likeness (QED) is 0.860. The highest BCUT2D eigenvalue weighted by molar-refractivity contribution is 5.85. The number of rotatable bonds is 3. The fourth-order valence-corrected chi connectivity index (χ4v) is 1.94. The second-order valence-corrected chi connectivity index (χ2v) is 3.82. The summed E-state index contributed by atoms with van der Waals surface area (Å²) in [6, 6.07) is 8.08. The third-order valence-corrected chi connectivity index (χ3v) is 2.65. The van der Waals surface area contributed by atoms with E-state index in [-0.39, 0.29) is 18.3 Å². The zero-order valence-electron chi connectivity index (χ0n) is 9.90. The number of anilines is 2. The first-order chi connectivity index (χ1) is 7.81. The van der Waals surface area contributed by atoms with Gasteiger partial charge in [-0.25, -0.2) is 0 Å². The number of carbonyl (C=O) groups is 1. The first-order valence-corrected chi connectivity index (χ1v) is 5.66. The van der Waals surface area contributed by atoms with Crippen molar-refractivity contribution in [3.8, 4) is 0 Å². The number of nitrogens with one attached hydrogen (secondary N) is 2. The Morgan fingerprint density at radius 2 is 2.24 bits per heavy atom. The van der Waals surface area contributed by atoms with E-state index in [0.29, 0.717) is 13.1 Å². The van der Waals surface area contributed by atoms with Crippen molar-refractivity contribution >= 4 is 29.7 Å². The van der Waals surface area contributed by atoms with Crippen LogP contribution in [0.5, 0.6) is 0 Å². The Kier molecular flexibility index (Phi) is 5.10. The zero-order chi connectivity index (χ0) is 11.4. The van der Waals surface area contributed by atoms with Gasteiger partial charge in [-0.3, -0.25) is 4.79 Å². The van der Waals surface area contributed by atoms with Crippen LogP contribution in [0.4, 0.5) is 11.4 Å². The van der Waals surface area contributed by atoms with Crippen molar-refractivity contribution in [3.63, 3.8) is 0 Å². The zero-order valence-corrected chi connectivity index (χ0v) is 10.7. The highest BCUT2D eigenvalue weighted by Gasteiger charge is 2.17. The van der Waals surface area contributed by atoms with E-state index in [1.54, 1.807) is 0 Å². The van der Waals surface area contributed by atoms with Crippen molar-refractivity contribution in [1.82, 2.24) is 5.32 Å². The molecule has 1 aromatic carbocycles. The van der Waals surface area contributed by atoms with Crippen LogP contribution in [-0.4, -0.2) is 32.1 Å². The number of carbonyl (C=O) groups excluding carboxylic acids is 1. The second kappa shape index (κ2) is 6.35. The lowest BCUT2D eigenvalue weighted by atomic mass is 10.2. The monoisotopic (exact) mass is 255 g/mol. The van der Waals surface area contributed by atoms with Gasteiger partial charge in [0.15, 0.2) is 0 Å². The summed E-state index contributed by atoms with van der Waals surface area (Å²) in [6.45, 7) is 4.81. The van der Waals surface area contributed by atoms with Crippen molar-refractivity contribution in [2.24, 2.45) is 0 Å². The summed E-state index contributed by atoms with van der Waals surface area (Å²) in [5.74, 6) is 0.0826.